The molecule has 0 aliphatic carbocycles. The van der Waals surface area contributed by atoms with Gasteiger partial charge in [-0.25, -0.2) is 9.97 Å². The lowest BCUT2D eigenvalue weighted by atomic mass is 10.1. The van der Waals surface area contributed by atoms with E-state index in [-0.39, 0.29) is 0 Å². The lowest BCUT2D eigenvalue weighted by molar-refractivity contribution is 0.260. The van der Waals surface area contributed by atoms with Crippen molar-refractivity contribution in [1.29, 1.82) is 0 Å². The molecule has 116 valence electrons. The third-order valence-electron chi connectivity index (χ3n) is 4.05. The van der Waals surface area contributed by atoms with E-state index in [2.05, 4.69) is 50.1 Å². The first-order valence-corrected chi connectivity index (χ1v) is 8.11. The van der Waals surface area contributed by atoms with Crippen molar-refractivity contribution in [2.75, 3.05) is 37.6 Å². The minimum Gasteiger partial charge on any atom is -0.354 e. The summed E-state index contributed by atoms with van der Waals surface area (Å²) in [5.41, 5.74) is 1.41. The van der Waals surface area contributed by atoms with E-state index in [1.54, 1.807) is 0 Å². The molecule has 0 spiro atoms. The molecular formula is C17H21ClN4. The van der Waals surface area contributed by atoms with Crippen LogP contribution in [0.4, 0.5) is 5.82 Å². The normalized spacial score (nSPS) is 16.0. The van der Waals surface area contributed by atoms with Crippen LogP contribution >= 0.6 is 11.6 Å². The van der Waals surface area contributed by atoms with Crippen LogP contribution in [-0.2, 0) is 6.42 Å². The molecule has 0 N–H and O–H groups in total. The smallest absolute Gasteiger partial charge is 0.134 e. The quantitative estimate of drug-likeness (QED) is 0.812. The summed E-state index contributed by atoms with van der Waals surface area (Å²) < 4.78 is 0. The minimum atomic E-state index is 0.522. The SMILES string of the molecule is Cc1nc(Cl)cc(N2CCN(CCc3ccccc3)CC2)n1. The topological polar surface area (TPSA) is 32.3 Å². The van der Waals surface area contributed by atoms with E-state index in [4.69, 9.17) is 11.6 Å². The van der Waals surface area contributed by atoms with Gasteiger partial charge in [0.1, 0.15) is 16.8 Å². The van der Waals surface area contributed by atoms with Gasteiger partial charge in [0.25, 0.3) is 0 Å². The largest absolute Gasteiger partial charge is 0.354 e. The van der Waals surface area contributed by atoms with Gasteiger partial charge in [-0.2, -0.15) is 0 Å². The lowest BCUT2D eigenvalue weighted by Gasteiger charge is -2.35. The Morgan fingerprint density at radius 2 is 1.77 bits per heavy atom. The van der Waals surface area contributed by atoms with Gasteiger partial charge >= 0.3 is 0 Å². The first-order chi connectivity index (χ1) is 10.7. The molecule has 1 aromatic carbocycles. The molecule has 1 aliphatic rings. The summed E-state index contributed by atoms with van der Waals surface area (Å²) in [6.07, 6.45) is 1.11. The maximum Gasteiger partial charge on any atom is 0.134 e. The fourth-order valence-electron chi connectivity index (χ4n) is 2.81. The number of aryl methyl sites for hydroxylation is 1. The number of hydrogen-bond acceptors (Lipinski definition) is 4. The summed E-state index contributed by atoms with van der Waals surface area (Å²) in [4.78, 5) is 13.4. The number of piperazine rings is 1. The molecule has 0 saturated carbocycles. The number of hydrogen-bond donors (Lipinski definition) is 0. The van der Waals surface area contributed by atoms with Gasteiger partial charge in [-0.05, 0) is 18.9 Å². The molecular weight excluding hydrogens is 296 g/mol. The fourth-order valence-corrected chi connectivity index (χ4v) is 3.03. The Morgan fingerprint density at radius 1 is 1.05 bits per heavy atom. The summed E-state index contributed by atoms with van der Waals surface area (Å²) in [5, 5.41) is 0.522. The second kappa shape index (κ2) is 7.07. The van der Waals surface area contributed by atoms with Gasteiger partial charge in [0.15, 0.2) is 0 Å². The third-order valence-corrected chi connectivity index (χ3v) is 4.24. The van der Waals surface area contributed by atoms with E-state index in [0.717, 1.165) is 50.8 Å². The van der Waals surface area contributed by atoms with Crippen molar-refractivity contribution in [3.05, 3.63) is 52.9 Å². The Labute approximate surface area is 136 Å². The Kier molecular flexibility index (Phi) is 4.90. The van der Waals surface area contributed by atoms with Crippen molar-refractivity contribution in [3.8, 4) is 0 Å². The van der Waals surface area contributed by atoms with Crippen molar-refractivity contribution in [2.24, 2.45) is 0 Å². The van der Waals surface area contributed by atoms with Crippen LogP contribution in [0.2, 0.25) is 5.15 Å². The van der Waals surface area contributed by atoms with Crippen LogP contribution in [-0.4, -0.2) is 47.6 Å². The minimum absolute atomic E-state index is 0.522. The van der Waals surface area contributed by atoms with Crippen LogP contribution in [0.5, 0.6) is 0 Å². The van der Waals surface area contributed by atoms with Crippen LogP contribution in [0.3, 0.4) is 0 Å². The van der Waals surface area contributed by atoms with Gasteiger partial charge in [-0.1, -0.05) is 41.9 Å². The van der Waals surface area contributed by atoms with Crippen molar-refractivity contribution >= 4 is 17.4 Å². The van der Waals surface area contributed by atoms with E-state index in [1.165, 1.54) is 5.56 Å². The van der Waals surface area contributed by atoms with Crippen LogP contribution in [0.25, 0.3) is 0 Å². The first-order valence-electron chi connectivity index (χ1n) is 7.73. The Hall–Kier alpha value is -1.65. The van der Waals surface area contributed by atoms with Gasteiger partial charge < -0.3 is 4.90 Å². The van der Waals surface area contributed by atoms with Crippen LogP contribution in [0.15, 0.2) is 36.4 Å². The number of benzene rings is 1. The molecule has 0 atom stereocenters. The molecule has 1 fully saturated rings. The van der Waals surface area contributed by atoms with E-state index in [9.17, 15) is 0 Å². The summed E-state index contributed by atoms with van der Waals surface area (Å²) in [6, 6.07) is 12.5. The second-order valence-corrected chi connectivity index (χ2v) is 6.05. The predicted molar refractivity (Wildman–Crippen MR) is 90.6 cm³/mol. The average molecular weight is 317 g/mol. The molecule has 3 rings (SSSR count). The highest BCUT2D eigenvalue weighted by atomic mass is 35.5. The molecule has 0 bridgehead atoms. The van der Waals surface area contributed by atoms with Gasteiger partial charge in [0.2, 0.25) is 0 Å². The molecule has 0 unspecified atom stereocenters. The predicted octanol–water partition coefficient (Wildman–Crippen LogP) is 2.80. The average Bonchev–Trinajstić information content (AvgIpc) is 2.53. The summed E-state index contributed by atoms with van der Waals surface area (Å²) in [6.45, 7) is 7.09. The summed E-state index contributed by atoms with van der Waals surface area (Å²) in [5.74, 6) is 1.68. The Bertz CT molecular complexity index is 589. The zero-order chi connectivity index (χ0) is 15.4. The highest BCUT2D eigenvalue weighted by molar-refractivity contribution is 6.29. The Balaban J connectivity index is 1.52. The van der Waals surface area contributed by atoms with Crippen LogP contribution in [0.1, 0.15) is 11.4 Å². The van der Waals surface area contributed by atoms with Crippen molar-refractivity contribution in [3.63, 3.8) is 0 Å². The molecule has 2 aromatic rings. The van der Waals surface area contributed by atoms with Gasteiger partial charge in [0, 0.05) is 38.8 Å². The highest BCUT2D eigenvalue weighted by Crippen LogP contribution is 2.17. The molecule has 1 aliphatic heterocycles. The monoisotopic (exact) mass is 316 g/mol. The second-order valence-electron chi connectivity index (χ2n) is 5.66. The fraction of sp³-hybridized carbons (Fsp3) is 0.412. The van der Waals surface area contributed by atoms with Gasteiger partial charge in [-0.15, -0.1) is 0 Å². The van der Waals surface area contributed by atoms with E-state index in [0.29, 0.717) is 5.15 Å². The Morgan fingerprint density at radius 3 is 2.45 bits per heavy atom. The number of anilines is 1. The van der Waals surface area contributed by atoms with E-state index >= 15 is 0 Å². The molecule has 4 nitrogen and oxygen atoms in total. The molecule has 0 radical (unpaired) electrons. The van der Waals surface area contributed by atoms with E-state index < -0.39 is 0 Å². The molecule has 22 heavy (non-hydrogen) atoms. The zero-order valence-corrected chi connectivity index (χ0v) is 13.6. The summed E-state index contributed by atoms with van der Waals surface area (Å²) >= 11 is 6.03. The molecule has 1 saturated heterocycles. The lowest BCUT2D eigenvalue weighted by Crippen LogP contribution is -2.47. The van der Waals surface area contributed by atoms with Crippen molar-refractivity contribution < 1.29 is 0 Å². The summed E-state index contributed by atoms with van der Waals surface area (Å²) in [7, 11) is 0. The molecule has 0 amide bonds. The van der Waals surface area contributed by atoms with Gasteiger partial charge in [-0.3, -0.25) is 4.90 Å². The van der Waals surface area contributed by atoms with Crippen LogP contribution < -0.4 is 4.90 Å². The number of nitrogens with zero attached hydrogens (tertiary/aromatic N) is 4. The standard InChI is InChI=1S/C17H21ClN4/c1-14-19-16(18)13-17(20-14)22-11-9-21(10-12-22)8-7-15-5-3-2-4-6-15/h2-6,13H,7-12H2,1H3. The number of rotatable bonds is 4. The van der Waals surface area contributed by atoms with Crippen LogP contribution in [0, 0.1) is 6.92 Å². The van der Waals surface area contributed by atoms with Crippen molar-refractivity contribution in [1.82, 2.24) is 14.9 Å². The van der Waals surface area contributed by atoms with E-state index in [1.807, 2.05) is 13.0 Å². The number of aromatic nitrogens is 2. The van der Waals surface area contributed by atoms with Gasteiger partial charge in [0.05, 0.1) is 0 Å². The third kappa shape index (κ3) is 3.96. The molecule has 1 aromatic heterocycles. The zero-order valence-electron chi connectivity index (χ0n) is 12.9. The molecule has 5 heteroatoms. The molecule has 2 heterocycles. The maximum absolute atomic E-state index is 6.03. The highest BCUT2D eigenvalue weighted by Gasteiger charge is 2.18. The number of halogens is 1. The maximum atomic E-state index is 6.03. The van der Waals surface area contributed by atoms with Crippen molar-refractivity contribution in [2.45, 2.75) is 13.3 Å². The first kappa shape index (κ1) is 15.3.